The minimum Gasteiger partial charge on any atom is -0.496 e. The molecule has 6 heteroatoms. The number of aryl methyl sites for hydroxylation is 1. The van der Waals surface area contributed by atoms with Crippen molar-refractivity contribution in [2.45, 2.75) is 37.7 Å². The Balaban J connectivity index is 2.69. The molecule has 5 nitrogen and oxygen atoms in total. The van der Waals surface area contributed by atoms with E-state index in [0.717, 1.165) is 5.56 Å². The van der Waals surface area contributed by atoms with Crippen molar-refractivity contribution in [3.05, 3.63) is 23.8 Å². The van der Waals surface area contributed by atoms with Crippen molar-refractivity contribution < 1.29 is 18.3 Å². The molecule has 2 N–H and O–H groups in total. The fraction of sp³-hybridized carbons (Fsp3) is 0.538. The molecular weight excluding hydrogens is 266 g/mol. The third-order valence-electron chi connectivity index (χ3n) is 2.77. The first-order valence-electron chi connectivity index (χ1n) is 6.19. The van der Waals surface area contributed by atoms with E-state index < -0.39 is 16.1 Å². The van der Waals surface area contributed by atoms with Crippen LogP contribution >= 0.6 is 0 Å². The summed E-state index contributed by atoms with van der Waals surface area (Å²) in [4.78, 5) is 0.225. The van der Waals surface area contributed by atoms with Crippen molar-refractivity contribution in [1.29, 1.82) is 0 Å². The molecule has 0 fully saturated rings. The zero-order chi connectivity index (χ0) is 14.5. The van der Waals surface area contributed by atoms with Crippen LogP contribution in [0.3, 0.4) is 0 Å². The Labute approximate surface area is 114 Å². The van der Waals surface area contributed by atoms with Crippen molar-refractivity contribution in [1.82, 2.24) is 4.72 Å². The lowest BCUT2D eigenvalue weighted by molar-refractivity contribution is 0.182. The van der Waals surface area contributed by atoms with Gasteiger partial charge in [-0.05, 0) is 50.5 Å². The summed E-state index contributed by atoms with van der Waals surface area (Å²) < 4.78 is 31.6. The Morgan fingerprint density at radius 1 is 1.42 bits per heavy atom. The number of ether oxygens (including phenoxy) is 1. The van der Waals surface area contributed by atoms with Gasteiger partial charge >= 0.3 is 0 Å². The molecule has 0 amide bonds. The third kappa shape index (κ3) is 4.81. The van der Waals surface area contributed by atoms with Crippen LogP contribution in [0.1, 0.15) is 25.3 Å². The van der Waals surface area contributed by atoms with Gasteiger partial charge in [-0.1, -0.05) is 0 Å². The fourth-order valence-corrected chi connectivity index (χ4v) is 2.86. The summed E-state index contributed by atoms with van der Waals surface area (Å²) in [5.41, 5.74) is 0.773. The largest absolute Gasteiger partial charge is 0.496 e. The van der Waals surface area contributed by atoms with Crippen LogP contribution in [0.15, 0.2) is 23.1 Å². The monoisotopic (exact) mass is 287 g/mol. The van der Waals surface area contributed by atoms with Crippen LogP contribution in [0.5, 0.6) is 5.75 Å². The number of hydrogen-bond donors (Lipinski definition) is 2. The zero-order valence-electron chi connectivity index (χ0n) is 11.5. The van der Waals surface area contributed by atoms with Gasteiger partial charge in [-0.3, -0.25) is 0 Å². The van der Waals surface area contributed by atoms with Gasteiger partial charge in [0.2, 0.25) is 10.0 Å². The Hall–Kier alpha value is -1.11. The highest BCUT2D eigenvalue weighted by Crippen LogP contribution is 2.21. The van der Waals surface area contributed by atoms with E-state index in [2.05, 4.69) is 4.72 Å². The second-order valence-corrected chi connectivity index (χ2v) is 6.29. The highest BCUT2D eigenvalue weighted by molar-refractivity contribution is 7.89. The van der Waals surface area contributed by atoms with Gasteiger partial charge in [-0.2, -0.15) is 0 Å². The second kappa shape index (κ2) is 6.88. The van der Waals surface area contributed by atoms with Gasteiger partial charge in [0.15, 0.2) is 0 Å². The maximum absolute atomic E-state index is 12.0. The van der Waals surface area contributed by atoms with Crippen LogP contribution in [-0.4, -0.2) is 33.3 Å². The zero-order valence-corrected chi connectivity index (χ0v) is 12.3. The van der Waals surface area contributed by atoms with E-state index in [0.29, 0.717) is 25.1 Å². The molecule has 1 aromatic rings. The Kier molecular flexibility index (Phi) is 5.78. The van der Waals surface area contributed by atoms with Crippen molar-refractivity contribution in [3.63, 3.8) is 0 Å². The third-order valence-corrected chi connectivity index (χ3v) is 4.23. The predicted molar refractivity (Wildman–Crippen MR) is 73.8 cm³/mol. The van der Waals surface area contributed by atoms with Crippen LogP contribution in [0.2, 0.25) is 0 Å². The second-order valence-electron chi connectivity index (χ2n) is 4.52. The molecule has 108 valence electrons. The van der Waals surface area contributed by atoms with E-state index in [4.69, 9.17) is 9.84 Å². The van der Waals surface area contributed by atoms with E-state index in [1.807, 2.05) is 0 Å². The topological polar surface area (TPSA) is 75.6 Å². The van der Waals surface area contributed by atoms with Crippen molar-refractivity contribution >= 4 is 10.0 Å². The van der Waals surface area contributed by atoms with E-state index in [-0.39, 0.29) is 4.90 Å². The molecule has 0 saturated heterocycles. The lowest BCUT2D eigenvalue weighted by Gasteiger charge is -2.10. The van der Waals surface area contributed by atoms with Gasteiger partial charge in [-0.25, -0.2) is 13.1 Å². The van der Waals surface area contributed by atoms with Crippen LogP contribution in [0.25, 0.3) is 0 Å². The maximum atomic E-state index is 12.0. The standard InChI is InChI=1S/C13H21NO4S/c1-10-9-12(6-7-13(10)18-3)19(16,17)14-8-4-5-11(2)15/h6-7,9,11,14-15H,4-5,8H2,1-3H3. The number of aliphatic hydroxyl groups excluding tert-OH is 1. The number of methoxy groups -OCH3 is 1. The van der Waals surface area contributed by atoms with Crippen LogP contribution in [0, 0.1) is 6.92 Å². The first kappa shape index (κ1) is 15.9. The Bertz CT molecular complexity index is 511. The molecule has 0 radical (unpaired) electrons. The molecule has 19 heavy (non-hydrogen) atoms. The van der Waals surface area contributed by atoms with Gasteiger partial charge < -0.3 is 9.84 Å². The van der Waals surface area contributed by atoms with Gasteiger partial charge in [0.1, 0.15) is 5.75 Å². The van der Waals surface area contributed by atoms with Gasteiger partial charge in [0.05, 0.1) is 18.1 Å². The quantitative estimate of drug-likeness (QED) is 0.744. The molecule has 0 heterocycles. The number of aliphatic hydroxyl groups is 1. The molecule has 0 aliphatic heterocycles. The Morgan fingerprint density at radius 3 is 2.63 bits per heavy atom. The molecular formula is C13H21NO4S. The lowest BCUT2D eigenvalue weighted by Crippen LogP contribution is -2.25. The average Bonchev–Trinajstić information content (AvgIpc) is 2.34. The summed E-state index contributed by atoms with van der Waals surface area (Å²) in [6.45, 7) is 3.80. The Morgan fingerprint density at radius 2 is 2.11 bits per heavy atom. The number of sulfonamides is 1. The minimum absolute atomic E-state index is 0.225. The summed E-state index contributed by atoms with van der Waals surface area (Å²) in [6, 6.07) is 4.73. The molecule has 0 saturated carbocycles. The first-order valence-corrected chi connectivity index (χ1v) is 7.67. The normalized spacial score (nSPS) is 13.3. The van der Waals surface area contributed by atoms with Crippen molar-refractivity contribution in [3.8, 4) is 5.75 Å². The number of nitrogens with one attached hydrogen (secondary N) is 1. The molecule has 1 atom stereocenters. The predicted octanol–water partition coefficient (Wildman–Crippen LogP) is 1.44. The van der Waals surface area contributed by atoms with E-state index in [1.54, 1.807) is 33.1 Å². The highest BCUT2D eigenvalue weighted by Gasteiger charge is 2.14. The molecule has 0 aliphatic carbocycles. The number of benzene rings is 1. The maximum Gasteiger partial charge on any atom is 0.240 e. The van der Waals surface area contributed by atoms with Gasteiger partial charge in [-0.15, -0.1) is 0 Å². The van der Waals surface area contributed by atoms with E-state index in [9.17, 15) is 8.42 Å². The van der Waals surface area contributed by atoms with Crippen LogP contribution in [0.4, 0.5) is 0 Å². The van der Waals surface area contributed by atoms with Crippen molar-refractivity contribution in [2.24, 2.45) is 0 Å². The summed E-state index contributed by atoms with van der Waals surface area (Å²) in [6.07, 6.45) is 0.767. The summed E-state index contributed by atoms with van der Waals surface area (Å²) in [5, 5.41) is 9.10. The first-order chi connectivity index (χ1) is 8.86. The van der Waals surface area contributed by atoms with Gasteiger partial charge in [0, 0.05) is 6.54 Å². The molecule has 1 unspecified atom stereocenters. The van der Waals surface area contributed by atoms with Crippen LogP contribution in [-0.2, 0) is 10.0 Å². The SMILES string of the molecule is COc1ccc(S(=O)(=O)NCCCC(C)O)cc1C. The average molecular weight is 287 g/mol. The smallest absolute Gasteiger partial charge is 0.240 e. The summed E-state index contributed by atoms with van der Waals surface area (Å²) in [5.74, 6) is 0.660. The molecule has 0 spiro atoms. The highest BCUT2D eigenvalue weighted by atomic mass is 32.2. The molecule has 1 rings (SSSR count). The molecule has 0 bridgehead atoms. The van der Waals surface area contributed by atoms with Crippen molar-refractivity contribution in [2.75, 3.05) is 13.7 Å². The fourth-order valence-electron chi connectivity index (χ4n) is 1.71. The summed E-state index contributed by atoms with van der Waals surface area (Å²) >= 11 is 0. The molecule has 0 aliphatic rings. The summed E-state index contributed by atoms with van der Waals surface area (Å²) in [7, 11) is -1.95. The number of rotatable bonds is 7. The lowest BCUT2D eigenvalue weighted by atomic mass is 10.2. The van der Waals surface area contributed by atoms with E-state index >= 15 is 0 Å². The van der Waals surface area contributed by atoms with E-state index in [1.165, 1.54) is 6.07 Å². The minimum atomic E-state index is -3.49. The van der Waals surface area contributed by atoms with Gasteiger partial charge in [0.25, 0.3) is 0 Å². The molecule has 0 aromatic heterocycles. The number of hydrogen-bond acceptors (Lipinski definition) is 4. The molecule has 1 aromatic carbocycles. The van der Waals surface area contributed by atoms with Crippen LogP contribution < -0.4 is 9.46 Å².